The Labute approximate surface area is 322 Å². The molecular weight excluding hydrogens is 679 g/mol. The number of amides is 4. The molecule has 54 heavy (non-hydrogen) atoms. The molecule has 0 aliphatic carbocycles. The fraction of sp³-hybridized carbons (Fsp3) is 0.500. The minimum absolute atomic E-state index is 0.0731. The van der Waals surface area contributed by atoms with Crippen molar-refractivity contribution in [2.24, 2.45) is 5.92 Å². The number of fused-ring (bicyclic) bond motifs is 1. The van der Waals surface area contributed by atoms with E-state index < -0.39 is 29.3 Å². The maximum absolute atomic E-state index is 14.8. The van der Waals surface area contributed by atoms with Crippen LogP contribution in [0.4, 0.5) is 4.79 Å². The number of alkyl carbamates (subject to hydrolysis) is 1. The number of ether oxygens (including phenoxy) is 1. The fourth-order valence-electron chi connectivity index (χ4n) is 7.01. The molecule has 1 fully saturated rings. The van der Waals surface area contributed by atoms with Gasteiger partial charge in [0.15, 0.2) is 0 Å². The summed E-state index contributed by atoms with van der Waals surface area (Å²) in [4.78, 5) is 62.6. The van der Waals surface area contributed by atoms with Crippen LogP contribution in [0.2, 0.25) is 0 Å². The van der Waals surface area contributed by atoms with Crippen LogP contribution in [0.5, 0.6) is 0 Å². The third kappa shape index (κ3) is 12.4. The second-order valence-corrected chi connectivity index (χ2v) is 16.7. The summed E-state index contributed by atoms with van der Waals surface area (Å²) in [5, 5.41) is 4.99. The van der Waals surface area contributed by atoms with Gasteiger partial charge in [0.05, 0.1) is 0 Å². The number of piperidine rings is 1. The normalized spacial score (nSPS) is 15.3. The molecule has 3 aromatic carbocycles. The zero-order valence-corrected chi connectivity index (χ0v) is 33.8. The monoisotopic (exact) mass is 739 g/mol. The first-order valence-electron chi connectivity index (χ1n) is 19.1. The predicted molar refractivity (Wildman–Crippen MR) is 216 cm³/mol. The number of hydrogen-bond acceptors (Lipinski definition) is 6. The lowest BCUT2D eigenvalue weighted by Gasteiger charge is -2.39. The number of likely N-dealkylation sites (N-methyl/N-ethyl adjacent to an activating group) is 2. The maximum atomic E-state index is 14.8. The van der Waals surface area contributed by atoms with Gasteiger partial charge < -0.3 is 29.7 Å². The van der Waals surface area contributed by atoms with E-state index in [-0.39, 0.29) is 24.1 Å². The van der Waals surface area contributed by atoms with Crippen molar-refractivity contribution in [1.82, 2.24) is 24.9 Å². The Morgan fingerprint density at radius 1 is 0.796 bits per heavy atom. The molecule has 4 amide bonds. The van der Waals surface area contributed by atoms with Gasteiger partial charge >= 0.3 is 6.09 Å². The molecule has 2 atom stereocenters. The van der Waals surface area contributed by atoms with E-state index in [1.54, 1.807) is 45.8 Å². The van der Waals surface area contributed by atoms with Crippen molar-refractivity contribution in [3.8, 4) is 0 Å². The second kappa shape index (κ2) is 18.6. The highest BCUT2D eigenvalue weighted by molar-refractivity contribution is 5.95. The van der Waals surface area contributed by atoms with E-state index in [0.29, 0.717) is 31.8 Å². The molecule has 1 aliphatic heterocycles. The van der Waals surface area contributed by atoms with Crippen molar-refractivity contribution in [2.45, 2.75) is 89.9 Å². The van der Waals surface area contributed by atoms with Gasteiger partial charge in [-0.15, -0.1) is 0 Å². The number of benzene rings is 3. The van der Waals surface area contributed by atoms with Gasteiger partial charge in [-0.25, -0.2) is 4.79 Å². The smallest absolute Gasteiger partial charge is 0.408 e. The van der Waals surface area contributed by atoms with Crippen LogP contribution >= 0.6 is 0 Å². The molecule has 3 aromatic rings. The summed E-state index contributed by atoms with van der Waals surface area (Å²) in [7, 11) is 7.48. The maximum Gasteiger partial charge on any atom is 0.408 e. The number of nitrogens with one attached hydrogen (secondary N) is 1. The Hall–Kier alpha value is -4.70. The number of carbonyl (C=O) groups excluding carboxylic acids is 4. The number of likely N-dealkylation sites (tertiary alicyclic amines) is 1. The Morgan fingerprint density at radius 3 is 2.04 bits per heavy atom. The van der Waals surface area contributed by atoms with Crippen molar-refractivity contribution >= 4 is 34.6 Å². The van der Waals surface area contributed by atoms with Gasteiger partial charge in [-0.2, -0.15) is 0 Å². The largest absolute Gasteiger partial charge is 0.444 e. The SMILES string of the molecule is CN(C)CC1CCN(C(=O)[C@@H](Cc2ccccc2)N(C)C(=O)[C@@H](Cc2ccc3ccccc3c2)N(C)C(=O)/C=C/CC(C)(C)NC(=O)OC(C)(C)C)CC1. The quantitative estimate of drug-likeness (QED) is 0.194. The van der Waals surface area contributed by atoms with Gasteiger partial charge in [-0.1, -0.05) is 78.9 Å². The average Bonchev–Trinajstić information content (AvgIpc) is 3.11. The van der Waals surface area contributed by atoms with Gasteiger partial charge in [-0.3, -0.25) is 14.4 Å². The molecule has 0 aromatic heterocycles. The summed E-state index contributed by atoms with van der Waals surface area (Å²) in [6, 6.07) is 22.3. The van der Waals surface area contributed by atoms with E-state index in [9.17, 15) is 19.2 Å². The number of rotatable bonds is 14. The third-order valence-corrected chi connectivity index (χ3v) is 9.99. The zero-order chi connectivity index (χ0) is 39.6. The van der Waals surface area contributed by atoms with Crippen LogP contribution in [-0.2, 0) is 32.0 Å². The molecule has 1 heterocycles. The highest BCUT2D eigenvalue weighted by atomic mass is 16.6. The molecular formula is C44H61N5O5. The van der Waals surface area contributed by atoms with Crippen LogP contribution in [0.3, 0.4) is 0 Å². The molecule has 10 nitrogen and oxygen atoms in total. The van der Waals surface area contributed by atoms with Crippen molar-refractivity contribution in [3.63, 3.8) is 0 Å². The van der Waals surface area contributed by atoms with Crippen LogP contribution in [0.25, 0.3) is 10.8 Å². The van der Waals surface area contributed by atoms with Crippen LogP contribution in [0.1, 0.15) is 65.0 Å². The zero-order valence-electron chi connectivity index (χ0n) is 33.8. The summed E-state index contributed by atoms with van der Waals surface area (Å²) in [5.74, 6) is -0.217. The first-order valence-corrected chi connectivity index (χ1v) is 19.1. The van der Waals surface area contributed by atoms with Crippen molar-refractivity contribution < 1.29 is 23.9 Å². The highest BCUT2D eigenvalue weighted by Crippen LogP contribution is 2.23. The minimum atomic E-state index is -0.891. The van der Waals surface area contributed by atoms with E-state index in [2.05, 4.69) is 30.4 Å². The average molecular weight is 740 g/mol. The highest BCUT2D eigenvalue weighted by Gasteiger charge is 2.37. The summed E-state index contributed by atoms with van der Waals surface area (Å²) in [6.07, 6.45) is 5.43. The molecule has 4 rings (SSSR count). The summed E-state index contributed by atoms with van der Waals surface area (Å²) < 4.78 is 5.41. The molecule has 1 aliphatic rings. The lowest BCUT2D eigenvalue weighted by molar-refractivity contribution is -0.149. The van der Waals surface area contributed by atoms with E-state index in [4.69, 9.17) is 4.74 Å². The minimum Gasteiger partial charge on any atom is -0.444 e. The Kier molecular flexibility index (Phi) is 14.5. The van der Waals surface area contributed by atoms with Gasteiger partial charge in [-0.05, 0) is 102 Å². The molecule has 10 heteroatoms. The van der Waals surface area contributed by atoms with Crippen LogP contribution in [0.15, 0.2) is 84.9 Å². The van der Waals surface area contributed by atoms with Gasteiger partial charge in [0.25, 0.3) is 0 Å². The topological polar surface area (TPSA) is 103 Å². The Bertz CT molecular complexity index is 1760. The Balaban J connectivity index is 1.60. The number of carbonyl (C=O) groups is 4. The van der Waals surface area contributed by atoms with Crippen LogP contribution < -0.4 is 5.32 Å². The molecule has 0 saturated carbocycles. The summed E-state index contributed by atoms with van der Waals surface area (Å²) >= 11 is 0. The number of nitrogens with zero attached hydrogens (tertiary/aromatic N) is 4. The van der Waals surface area contributed by atoms with Crippen molar-refractivity contribution in [1.29, 1.82) is 0 Å². The molecule has 1 N–H and O–H groups in total. The van der Waals surface area contributed by atoms with Gasteiger partial charge in [0.2, 0.25) is 17.7 Å². The molecule has 0 radical (unpaired) electrons. The standard InChI is InChI=1S/C44H61N5O5/c1-43(2,3)54-42(53)45-44(4,5)25-15-20-39(50)47(8)37(30-34-21-22-35-18-13-14-19-36(35)28-34)40(51)48(9)38(29-32-16-11-10-12-17-32)41(52)49-26-23-33(24-27-49)31-46(6)7/h10-22,28,33,37-38H,23-27,29-31H2,1-9H3,(H,45,53)/b20-15+/t37-,38-/m1/s1. The van der Waals surface area contributed by atoms with Crippen molar-refractivity contribution in [2.75, 3.05) is 47.8 Å². The second-order valence-electron chi connectivity index (χ2n) is 16.7. The predicted octanol–water partition coefficient (Wildman–Crippen LogP) is 6.33. The molecule has 0 spiro atoms. The molecule has 1 saturated heterocycles. The molecule has 292 valence electrons. The molecule has 0 bridgehead atoms. The first-order chi connectivity index (χ1) is 25.4. The van der Waals surface area contributed by atoms with E-state index in [0.717, 1.165) is 41.3 Å². The summed E-state index contributed by atoms with van der Waals surface area (Å²) in [6.45, 7) is 11.4. The lowest BCUT2D eigenvalue weighted by Crippen LogP contribution is -2.57. The fourth-order valence-corrected chi connectivity index (χ4v) is 7.01. The van der Waals surface area contributed by atoms with Crippen LogP contribution in [0, 0.1) is 5.92 Å². The van der Waals surface area contributed by atoms with E-state index in [1.807, 2.05) is 85.5 Å². The van der Waals surface area contributed by atoms with Gasteiger partial charge in [0.1, 0.15) is 17.7 Å². The van der Waals surface area contributed by atoms with Gasteiger partial charge in [0, 0.05) is 52.1 Å². The lowest BCUT2D eigenvalue weighted by atomic mass is 9.94. The van der Waals surface area contributed by atoms with E-state index in [1.165, 1.54) is 11.0 Å². The van der Waals surface area contributed by atoms with E-state index >= 15 is 0 Å². The molecule has 0 unspecified atom stereocenters. The third-order valence-electron chi connectivity index (χ3n) is 9.99. The Morgan fingerprint density at radius 2 is 1.41 bits per heavy atom. The first kappa shape index (κ1) is 42.0. The van der Waals surface area contributed by atoms with Crippen molar-refractivity contribution in [3.05, 3.63) is 96.1 Å². The van der Waals surface area contributed by atoms with Crippen LogP contribution in [-0.4, -0.2) is 114 Å². The summed E-state index contributed by atoms with van der Waals surface area (Å²) in [5.41, 5.74) is 0.534. The number of hydrogen-bond donors (Lipinski definition) is 1.